The zero-order chi connectivity index (χ0) is 11.1. The molecule has 0 atom stereocenters. The molecule has 0 aromatic rings. The minimum atomic E-state index is -0.174. The van der Waals surface area contributed by atoms with E-state index in [4.69, 9.17) is 15.6 Å². The molecule has 0 amide bonds. The van der Waals surface area contributed by atoms with Crippen LogP contribution in [0.3, 0.4) is 0 Å². The summed E-state index contributed by atoms with van der Waals surface area (Å²) in [5.41, 5.74) is 5.60. The minimum Gasteiger partial charge on any atom is -0.394 e. The first-order valence-corrected chi connectivity index (χ1v) is 5.93. The number of likely N-dealkylation sites (tertiary alicyclic amines) is 1. The number of nitrogens with two attached hydrogens (primary N) is 1. The van der Waals surface area contributed by atoms with Crippen LogP contribution in [-0.2, 0) is 4.74 Å². The molecular weight excluding hydrogens is 192 g/mol. The van der Waals surface area contributed by atoms with Crippen LogP contribution in [0.25, 0.3) is 0 Å². The van der Waals surface area contributed by atoms with Gasteiger partial charge in [0.15, 0.2) is 0 Å². The quantitative estimate of drug-likeness (QED) is 0.666. The van der Waals surface area contributed by atoms with Crippen molar-refractivity contribution in [3.63, 3.8) is 0 Å². The lowest BCUT2D eigenvalue weighted by Gasteiger charge is -2.40. The third-order valence-corrected chi connectivity index (χ3v) is 3.18. The van der Waals surface area contributed by atoms with Crippen molar-refractivity contribution in [2.75, 3.05) is 39.4 Å². The van der Waals surface area contributed by atoms with Gasteiger partial charge in [-0.15, -0.1) is 0 Å². The number of aliphatic hydroxyl groups excluding tert-OH is 1. The number of ether oxygens (including phenoxy) is 1. The molecular formula is C11H24N2O2. The Kier molecular flexibility index (Phi) is 5.53. The van der Waals surface area contributed by atoms with E-state index in [1.807, 2.05) is 0 Å². The molecule has 1 saturated heterocycles. The molecule has 0 aliphatic carbocycles. The molecule has 4 heteroatoms. The first-order chi connectivity index (χ1) is 7.26. The first kappa shape index (κ1) is 12.9. The van der Waals surface area contributed by atoms with Crippen LogP contribution in [0.1, 0.15) is 26.2 Å². The van der Waals surface area contributed by atoms with Gasteiger partial charge in [0.25, 0.3) is 0 Å². The summed E-state index contributed by atoms with van der Waals surface area (Å²) < 4.78 is 5.69. The van der Waals surface area contributed by atoms with E-state index in [0.717, 1.165) is 25.9 Å². The van der Waals surface area contributed by atoms with Gasteiger partial charge in [0, 0.05) is 19.6 Å². The van der Waals surface area contributed by atoms with Crippen LogP contribution in [0.15, 0.2) is 0 Å². The minimum absolute atomic E-state index is 0.0838. The zero-order valence-electron chi connectivity index (χ0n) is 9.74. The van der Waals surface area contributed by atoms with Crippen LogP contribution in [0.5, 0.6) is 0 Å². The standard InChI is InChI=1S/C11H24N2O2/c1-2-5-13-6-3-11(10-12,4-7-13)15-9-8-14/h14H,2-10,12H2,1H3. The molecule has 0 unspecified atom stereocenters. The van der Waals surface area contributed by atoms with E-state index in [-0.39, 0.29) is 12.2 Å². The van der Waals surface area contributed by atoms with Crippen molar-refractivity contribution in [1.82, 2.24) is 4.90 Å². The summed E-state index contributed by atoms with van der Waals surface area (Å²) in [7, 11) is 0. The maximum Gasteiger partial charge on any atom is 0.0829 e. The van der Waals surface area contributed by atoms with Gasteiger partial charge in [-0.05, 0) is 25.8 Å². The Morgan fingerprint density at radius 1 is 1.40 bits per heavy atom. The Labute approximate surface area is 92.4 Å². The van der Waals surface area contributed by atoms with Crippen LogP contribution in [0, 0.1) is 0 Å². The molecule has 1 rings (SSSR count). The van der Waals surface area contributed by atoms with Crippen molar-refractivity contribution < 1.29 is 9.84 Å². The lowest BCUT2D eigenvalue weighted by molar-refractivity contribution is -0.0862. The second kappa shape index (κ2) is 6.43. The second-order valence-electron chi connectivity index (χ2n) is 4.30. The summed E-state index contributed by atoms with van der Waals surface area (Å²) in [6.45, 7) is 6.55. The largest absolute Gasteiger partial charge is 0.394 e. The molecule has 1 aliphatic rings. The lowest BCUT2D eigenvalue weighted by Crippen LogP contribution is -2.50. The third kappa shape index (κ3) is 3.72. The molecule has 0 spiro atoms. The summed E-state index contributed by atoms with van der Waals surface area (Å²) in [6.07, 6.45) is 3.18. The van der Waals surface area contributed by atoms with Crippen LogP contribution in [0.4, 0.5) is 0 Å². The molecule has 1 aliphatic heterocycles. The second-order valence-corrected chi connectivity index (χ2v) is 4.30. The number of hydrogen-bond donors (Lipinski definition) is 2. The van der Waals surface area contributed by atoms with Gasteiger partial charge in [-0.3, -0.25) is 0 Å². The van der Waals surface area contributed by atoms with Gasteiger partial charge in [0.05, 0.1) is 18.8 Å². The Bertz CT molecular complexity index is 168. The van der Waals surface area contributed by atoms with Gasteiger partial charge < -0.3 is 20.5 Å². The highest BCUT2D eigenvalue weighted by molar-refractivity contribution is 4.88. The molecule has 3 N–H and O–H groups in total. The van der Waals surface area contributed by atoms with Crippen LogP contribution < -0.4 is 5.73 Å². The van der Waals surface area contributed by atoms with Gasteiger partial charge in [-0.1, -0.05) is 6.92 Å². The number of nitrogens with zero attached hydrogens (tertiary/aromatic N) is 1. The van der Waals surface area contributed by atoms with Gasteiger partial charge in [0.2, 0.25) is 0 Å². The average Bonchev–Trinajstić information content (AvgIpc) is 2.29. The zero-order valence-corrected chi connectivity index (χ0v) is 9.74. The van der Waals surface area contributed by atoms with E-state index in [0.29, 0.717) is 13.2 Å². The predicted molar refractivity (Wildman–Crippen MR) is 60.8 cm³/mol. The number of aliphatic hydroxyl groups is 1. The first-order valence-electron chi connectivity index (χ1n) is 5.93. The monoisotopic (exact) mass is 216 g/mol. The predicted octanol–water partition coefficient (Wildman–Crippen LogP) is 0.199. The van der Waals surface area contributed by atoms with Crippen LogP contribution in [0.2, 0.25) is 0 Å². The Hall–Kier alpha value is -0.160. The van der Waals surface area contributed by atoms with E-state index in [1.54, 1.807) is 0 Å². The topological polar surface area (TPSA) is 58.7 Å². The van der Waals surface area contributed by atoms with E-state index in [1.165, 1.54) is 13.0 Å². The summed E-state index contributed by atoms with van der Waals surface area (Å²) in [4.78, 5) is 2.45. The fraction of sp³-hybridized carbons (Fsp3) is 1.00. The third-order valence-electron chi connectivity index (χ3n) is 3.18. The fourth-order valence-electron chi connectivity index (χ4n) is 2.17. The molecule has 0 saturated carbocycles. The maximum atomic E-state index is 8.77. The van der Waals surface area contributed by atoms with Gasteiger partial charge in [-0.25, -0.2) is 0 Å². The van der Waals surface area contributed by atoms with Crippen LogP contribution in [-0.4, -0.2) is 55.0 Å². The summed E-state index contributed by atoms with van der Waals surface area (Å²) >= 11 is 0. The Morgan fingerprint density at radius 3 is 2.53 bits per heavy atom. The smallest absolute Gasteiger partial charge is 0.0829 e. The maximum absolute atomic E-state index is 8.77. The summed E-state index contributed by atoms with van der Waals surface area (Å²) in [5.74, 6) is 0. The average molecular weight is 216 g/mol. The molecule has 90 valence electrons. The van der Waals surface area contributed by atoms with Crippen molar-refractivity contribution in [1.29, 1.82) is 0 Å². The van der Waals surface area contributed by atoms with Gasteiger partial charge in [-0.2, -0.15) is 0 Å². The molecule has 0 aromatic carbocycles. The van der Waals surface area contributed by atoms with Crippen molar-refractivity contribution in [2.45, 2.75) is 31.8 Å². The summed E-state index contributed by atoms with van der Waals surface area (Å²) in [5, 5.41) is 8.77. The number of hydrogen-bond acceptors (Lipinski definition) is 4. The highest BCUT2D eigenvalue weighted by Gasteiger charge is 2.33. The van der Waals surface area contributed by atoms with Crippen molar-refractivity contribution in [3.8, 4) is 0 Å². The number of rotatable bonds is 6. The summed E-state index contributed by atoms with van der Waals surface area (Å²) in [6, 6.07) is 0. The van der Waals surface area contributed by atoms with E-state index in [2.05, 4.69) is 11.8 Å². The molecule has 4 nitrogen and oxygen atoms in total. The Morgan fingerprint density at radius 2 is 2.07 bits per heavy atom. The van der Waals surface area contributed by atoms with Crippen molar-refractivity contribution in [2.24, 2.45) is 5.73 Å². The Balaban J connectivity index is 2.36. The molecule has 1 fully saturated rings. The highest BCUT2D eigenvalue weighted by Crippen LogP contribution is 2.25. The van der Waals surface area contributed by atoms with Crippen molar-refractivity contribution >= 4 is 0 Å². The van der Waals surface area contributed by atoms with Gasteiger partial charge in [0.1, 0.15) is 0 Å². The number of piperidine rings is 1. The molecule has 15 heavy (non-hydrogen) atoms. The van der Waals surface area contributed by atoms with Crippen LogP contribution >= 0.6 is 0 Å². The molecule has 1 heterocycles. The van der Waals surface area contributed by atoms with E-state index < -0.39 is 0 Å². The van der Waals surface area contributed by atoms with E-state index in [9.17, 15) is 0 Å². The lowest BCUT2D eigenvalue weighted by atomic mass is 9.91. The molecule has 0 aromatic heterocycles. The molecule has 0 bridgehead atoms. The van der Waals surface area contributed by atoms with E-state index >= 15 is 0 Å². The van der Waals surface area contributed by atoms with Crippen molar-refractivity contribution in [3.05, 3.63) is 0 Å². The van der Waals surface area contributed by atoms with Gasteiger partial charge >= 0.3 is 0 Å². The normalized spacial score (nSPS) is 21.8. The SMILES string of the molecule is CCCN1CCC(CN)(OCCO)CC1. The molecule has 0 radical (unpaired) electrons. The fourth-order valence-corrected chi connectivity index (χ4v) is 2.17. The highest BCUT2D eigenvalue weighted by atomic mass is 16.5.